The van der Waals surface area contributed by atoms with Gasteiger partial charge >= 0.3 is 6.61 Å². The van der Waals surface area contributed by atoms with Crippen molar-refractivity contribution in [2.75, 3.05) is 25.0 Å². The first-order valence-electron chi connectivity index (χ1n) is 6.30. The summed E-state index contributed by atoms with van der Waals surface area (Å²) in [4.78, 5) is 11.8. The number of rotatable bonds is 5. The monoisotopic (exact) mass is 322 g/mol. The van der Waals surface area contributed by atoms with E-state index in [1.807, 2.05) is 0 Å². The van der Waals surface area contributed by atoms with Crippen molar-refractivity contribution in [3.8, 4) is 5.75 Å². The van der Waals surface area contributed by atoms with Crippen LogP contribution in [0.25, 0.3) is 0 Å². The number of amides is 1. The molecule has 1 atom stereocenters. The number of nitrogens with one attached hydrogen (secondary N) is 2. The van der Waals surface area contributed by atoms with E-state index in [9.17, 15) is 13.6 Å². The molecule has 118 valence electrons. The molecule has 1 aliphatic rings. The lowest BCUT2D eigenvalue weighted by Crippen LogP contribution is -2.40. The van der Waals surface area contributed by atoms with Crippen LogP contribution < -0.4 is 15.4 Å². The van der Waals surface area contributed by atoms with Crippen LogP contribution in [0.1, 0.15) is 6.42 Å². The summed E-state index contributed by atoms with van der Waals surface area (Å²) in [5, 5.41) is 5.82. The zero-order valence-corrected chi connectivity index (χ0v) is 12.0. The number of anilines is 1. The molecule has 1 aliphatic heterocycles. The minimum atomic E-state index is -2.86. The second kappa shape index (κ2) is 8.76. The lowest BCUT2D eigenvalue weighted by molar-refractivity contribution is -0.119. The van der Waals surface area contributed by atoms with Crippen LogP contribution in [0.5, 0.6) is 5.75 Å². The average molecular weight is 323 g/mol. The molecule has 0 bridgehead atoms. The van der Waals surface area contributed by atoms with E-state index in [0.717, 1.165) is 6.54 Å². The lowest BCUT2D eigenvalue weighted by Gasteiger charge is -2.23. The van der Waals surface area contributed by atoms with E-state index in [4.69, 9.17) is 4.74 Å². The van der Waals surface area contributed by atoms with Crippen molar-refractivity contribution in [1.29, 1.82) is 0 Å². The lowest BCUT2D eigenvalue weighted by atomic mass is 10.2. The Morgan fingerprint density at radius 3 is 2.71 bits per heavy atom. The van der Waals surface area contributed by atoms with Crippen molar-refractivity contribution in [3.63, 3.8) is 0 Å². The summed E-state index contributed by atoms with van der Waals surface area (Å²) in [6.45, 7) is -0.818. The molecule has 2 N–H and O–H groups in total. The number of carbonyl (C=O) groups excluding carboxylic acids is 1. The van der Waals surface area contributed by atoms with Gasteiger partial charge in [0, 0.05) is 18.8 Å². The molecule has 1 amide bonds. The minimum Gasteiger partial charge on any atom is -0.435 e. The number of alkyl halides is 2. The molecule has 1 fully saturated rings. The molecule has 5 nitrogen and oxygen atoms in total. The Labute approximate surface area is 127 Å². The molecule has 21 heavy (non-hydrogen) atoms. The number of hydrogen-bond donors (Lipinski definition) is 2. The minimum absolute atomic E-state index is 0. The van der Waals surface area contributed by atoms with Crippen molar-refractivity contribution >= 4 is 24.0 Å². The standard InChI is InChI=1S/C13H16F2N2O3.ClH/c14-13(15)20-10-3-1-9(2-4-10)17-12(18)7-11-8-16-5-6-19-11;/h1-4,11,13,16H,5-8H2,(H,17,18);1H. The summed E-state index contributed by atoms with van der Waals surface area (Å²) in [5.74, 6) is -0.126. The predicted octanol–water partition coefficient (Wildman–Crippen LogP) is 2.03. The van der Waals surface area contributed by atoms with Gasteiger partial charge in [-0.25, -0.2) is 0 Å². The van der Waals surface area contributed by atoms with Crippen LogP contribution in [-0.4, -0.2) is 38.3 Å². The van der Waals surface area contributed by atoms with E-state index in [1.54, 1.807) is 0 Å². The van der Waals surface area contributed by atoms with Crippen LogP contribution in [0.15, 0.2) is 24.3 Å². The molecule has 0 saturated carbocycles. The molecule has 2 rings (SSSR count). The highest BCUT2D eigenvalue weighted by molar-refractivity contribution is 5.91. The number of halogens is 3. The van der Waals surface area contributed by atoms with E-state index in [-0.39, 0.29) is 36.6 Å². The SMILES string of the molecule is Cl.O=C(CC1CNCCO1)Nc1ccc(OC(F)F)cc1. The molecule has 1 aromatic rings. The molecule has 0 aliphatic carbocycles. The van der Waals surface area contributed by atoms with Crippen LogP contribution in [0.3, 0.4) is 0 Å². The summed E-state index contributed by atoms with van der Waals surface area (Å²) in [6, 6.07) is 5.77. The number of carbonyl (C=O) groups is 1. The zero-order chi connectivity index (χ0) is 14.4. The molecular formula is C13H17ClF2N2O3. The molecular weight excluding hydrogens is 306 g/mol. The van der Waals surface area contributed by atoms with Gasteiger partial charge in [0.25, 0.3) is 0 Å². The Balaban J connectivity index is 0.00000220. The number of benzene rings is 1. The van der Waals surface area contributed by atoms with Gasteiger partial charge in [0.2, 0.25) is 5.91 Å². The van der Waals surface area contributed by atoms with Crippen molar-refractivity contribution in [3.05, 3.63) is 24.3 Å². The summed E-state index contributed by atoms with van der Waals surface area (Å²) < 4.78 is 33.6. The maximum Gasteiger partial charge on any atom is 0.387 e. The highest BCUT2D eigenvalue weighted by Gasteiger charge is 2.17. The van der Waals surface area contributed by atoms with Gasteiger partial charge in [-0.2, -0.15) is 8.78 Å². The third-order valence-electron chi connectivity index (χ3n) is 2.78. The van der Waals surface area contributed by atoms with Crippen molar-refractivity contribution < 1.29 is 23.0 Å². The van der Waals surface area contributed by atoms with Gasteiger partial charge in [-0.1, -0.05) is 0 Å². The Hall–Kier alpha value is -1.44. The quantitative estimate of drug-likeness (QED) is 0.871. The number of morpholine rings is 1. The average Bonchev–Trinajstić information content (AvgIpc) is 2.41. The zero-order valence-electron chi connectivity index (χ0n) is 11.2. The van der Waals surface area contributed by atoms with Crippen LogP contribution in [0, 0.1) is 0 Å². The fourth-order valence-corrected chi connectivity index (χ4v) is 1.89. The third-order valence-corrected chi connectivity index (χ3v) is 2.78. The molecule has 0 radical (unpaired) electrons. The highest BCUT2D eigenvalue weighted by Crippen LogP contribution is 2.18. The van der Waals surface area contributed by atoms with Gasteiger partial charge < -0.3 is 20.1 Å². The van der Waals surface area contributed by atoms with Crippen LogP contribution >= 0.6 is 12.4 Å². The Kier molecular flexibility index (Phi) is 7.35. The summed E-state index contributed by atoms with van der Waals surface area (Å²) in [5.41, 5.74) is 0.528. The van der Waals surface area contributed by atoms with Gasteiger partial charge in [-0.05, 0) is 24.3 Å². The normalized spacial score (nSPS) is 18.0. The second-order valence-electron chi connectivity index (χ2n) is 4.35. The van der Waals surface area contributed by atoms with Crippen LogP contribution in [-0.2, 0) is 9.53 Å². The second-order valence-corrected chi connectivity index (χ2v) is 4.35. The van der Waals surface area contributed by atoms with Crippen molar-refractivity contribution in [2.45, 2.75) is 19.1 Å². The molecule has 1 unspecified atom stereocenters. The number of ether oxygens (including phenoxy) is 2. The molecule has 1 aromatic carbocycles. The van der Waals surface area contributed by atoms with E-state index in [0.29, 0.717) is 18.8 Å². The van der Waals surface area contributed by atoms with Crippen molar-refractivity contribution in [1.82, 2.24) is 5.32 Å². The smallest absolute Gasteiger partial charge is 0.387 e. The van der Waals surface area contributed by atoms with E-state index in [1.165, 1.54) is 24.3 Å². The molecule has 0 spiro atoms. The first-order valence-corrected chi connectivity index (χ1v) is 6.30. The molecule has 1 heterocycles. The Morgan fingerprint density at radius 1 is 1.43 bits per heavy atom. The topological polar surface area (TPSA) is 59.6 Å². The first-order chi connectivity index (χ1) is 9.63. The van der Waals surface area contributed by atoms with E-state index >= 15 is 0 Å². The highest BCUT2D eigenvalue weighted by atomic mass is 35.5. The summed E-state index contributed by atoms with van der Waals surface area (Å²) in [6.07, 6.45) is 0.118. The third kappa shape index (κ3) is 6.24. The fraction of sp³-hybridized carbons (Fsp3) is 0.462. The van der Waals surface area contributed by atoms with Crippen LogP contribution in [0.2, 0.25) is 0 Å². The van der Waals surface area contributed by atoms with E-state index in [2.05, 4.69) is 15.4 Å². The maximum absolute atomic E-state index is 12.0. The van der Waals surface area contributed by atoms with Gasteiger partial charge in [-0.15, -0.1) is 12.4 Å². The first kappa shape index (κ1) is 17.6. The van der Waals surface area contributed by atoms with Gasteiger partial charge in [0.05, 0.1) is 19.1 Å². The summed E-state index contributed by atoms with van der Waals surface area (Å²) >= 11 is 0. The van der Waals surface area contributed by atoms with Gasteiger partial charge in [0.1, 0.15) is 5.75 Å². The van der Waals surface area contributed by atoms with E-state index < -0.39 is 6.61 Å². The summed E-state index contributed by atoms with van der Waals surface area (Å²) in [7, 11) is 0. The van der Waals surface area contributed by atoms with Gasteiger partial charge in [0.15, 0.2) is 0 Å². The number of hydrogen-bond acceptors (Lipinski definition) is 4. The van der Waals surface area contributed by atoms with Crippen LogP contribution in [0.4, 0.5) is 14.5 Å². The van der Waals surface area contributed by atoms with Crippen molar-refractivity contribution in [2.24, 2.45) is 0 Å². The predicted molar refractivity (Wildman–Crippen MR) is 76.2 cm³/mol. The maximum atomic E-state index is 12.0. The largest absolute Gasteiger partial charge is 0.435 e. The fourth-order valence-electron chi connectivity index (χ4n) is 1.89. The molecule has 0 aromatic heterocycles. The Morgan fingerprint density at radius 2 is 2.14 bits per heavy atom. The van der Waals surface area contributed by atoms with Gasteiger partial charge in [-0.3, -0.25) is 4.79 Å². The molecule has 8 heteroatoms. The Bertz CT molecular complexity index is 440. The molecule has 1 saturated heterocycles.